The van der Waals surface area contributed by atoms with E-state index in [0.717, 1.165) is 13.1 Å². The molecular weight excluding hydrogens is 170 g/mol. The van der Waals surface area contributed by atoms with Crippen LogP contribution in [0.5, 0.6) is 0 Å². The molecule has 0 aliphatic carbocycles. The van der Waals surface area contributed by atoms with Crippen LogP contribution in [0.1, 0.15) is 20.8 Å². The minimum absolute atomic E-state index is 0.162. The molecule has 1 unspecified atom stereocenters. The quantitative estimate of drug-likeness (QED) is 0.615. The predicted molar refractivity (Wildman–Crippen MR) is 53.0 cm³/mol. The predicted octanol–water partition coefficient (Wildman–Crippen LogP) is 1.81. The van der Waals surface area contributed by atoms with E-state index in [4.69, 9.17) is 0 Å². The van der Waals surface area contributed by atoms with Gasteiger partial charge in [-0.2, -0.15) is 0 Å². The number of carbonyl (C=O) groups is 1. The fraction of sp³-hybridized carbons (Fsp3) is 0.889. The number of carbonyl (C=O) groups excluding carboxylic acids is 1. The van der Waals surface area contributed by atoms with Crippen molar-refractivity contribution in [2.75, 3.05) is 19.3 Å². The van der Waals surface area contributed by atoms with Crippen molar-refractivity contribution >= 4 is 17.7 Å². The molecule has 1 rings (SSSR count). The molecule has 0 N–H and O–H groups in total. The molecule has 0 aromatic heterocycles. The molecule has 1 aliphatic heterocycles. The number of hydrogen-bond donors (Lipinski definition) is 0. The van der Waals surface area contributed by atoms with Gasteiger partial charge in [0.15, 0.2) is 0 Å². The third-order valence-electron chi connectivity index (χ3n) is 2.66. The molecule has 0 saturated carbocycles. The van der Waals surface area contributed by atoms with Crippen LogP contribution in [0.2, 0.25) is 0 Å². The third kappa shape index (κ3) is 1.83. The van der Waals surface area contributed by atoms with Crippen LogP contribution in [0.3, 0.4) is 0 Å². The molecule has 0 aromatic carbocycles. The van der Waals surface area contributed by atoms with Gasteiger partial charge < -0.3 is 0 Å². The van der Waals surface area contributed by atoms with Gasteiger partial charge in [0.2, 0.25) is 0 Å². The first-order valence-electron chi connectivity index (χ1n) is 4.27. The second kappa shape index (κ2) is 3.38. The average Bonchev–Trinajstić information content (AvgIpc) is 2.25. The lowest BCUT2D eigenvalue weighted by molar-refractivity contribution is -0.122. The molecule has 3 heteroatoms. The first-order chi connectivity index (χ1) is 5.47. The van der Waals surface area contributed by atoms with Crippen LogP contribution in [0, 0.1) is 11.3 Å². The Morgan fingerprint density at radius 3 is 2.42 bits per heavy atom. The highest BCUT2D eigenvalue weighted by molar-refractivity contribution is 7.96. The minimum Gasteiger partial charge on any atom is -0.300 e. The fourth-order valence-electron chi connectivity index (χ4n) is 1.90. The Hall–Kier alpha value is -0.0200. The number of Topliss-reactive ketones (excluding diaryl/α,β-unsaturated/α-hetero) is 1. The summed E-state index contributed by atoms with van der Waals surface area (Å²) >= 11 is 1.74. The summed E-state index contributed by atoms with van der Waals surface area (Å²) in [5.41, 5.74) is 0.162. The van der Waals surface area contributed by atoms with Gasteiger partial charge >= 0.3 is 0 Å². The van der Waals surface area contributed by atoms with Crippen LogP contribution >= 0.6 is 11.9 Å². The molecule has 1 aliphatic rings. The highest BCUT2D eigenvalue weighted by atomic mass is 32.2. The normalized spacial score (nSPS) is 29.2. The van der Waals surface area contributed by atoms with Crippen molar-refractivity contribution in [1.29, 1.82) is 0 Å². The Morgan fingerprint density at radius 1 is 1.58 bits per heavy atom. The lowest BCUT2D eigenvalue weighted by atomic mass is 9.80. The largest absolute Gasteiger partial charge is 0.300 e. The number of rotatable bonds is 2. The third-order valence-corrected chi connectivity index (χ3v) is 3.46. The molecule has 1 atom stereocenters. The van der Waals surface area contributed by atoms with E-state index in [0.29, 0.717) is 5.78 Å². The Balaban J connectivity index is 2.70. The molecule has 1 saturated heterocycles. The molecule has 0 radical (unpaired) electrons. The van der Waals surface area contributed by atoms with Gasteiger partial charge in [0.25, 0.3) is 0 Å². The highest BCUT2D eigenvalue weighted by Gasteiger charge is 2.41. The van der Waals surface area contributed by atoms with E-state index in [9.17, 15) is 4.79 Å². The second-order valence-electron chi connectivity index (χ2n) is 4.16. The van der Waals surface area contributed by atoms with Crippen molar-refractivity contribution in [3.8, 4) is 0 Å². The maximum atomic E-state index is 11.3. The Labute approximate surface area is 78.8 Å². The van der Waals surface area contributed by atoms with E-state index in [-0.39, 0.29) is 11.3 Å². The van der Waals surface area contributed by atoms with Gasteiger partial charge in [-0.1, -0.05) is 25.8 Å². The van der Waals surface area contributed by atoms with E-state index in [2.05, 4.69) is 24.4 Å². The molecule has 0 spiro atoms. The summed E-state index contributed by atoms with van der Waals surface area (Å²) in [5.74, 6) is 0.557. The van der Waals surface area contributed by atoms with E-state index in [1.165, 1.54) is 0 Å². The maximum Gasteiger partial charge on any atom is 0.134 e. The zero-order chi connectivity index (χ0) is 9.35. The van der Waals surface area contributed by atoms with Gasteiger partial charge in [-0.15, -0.1) is 0 Å². The Morgan fingerprint density at radius 2 is 2.17 bits per heavy atom. The first-order valence-corrected chi connectivity index (χ1v) is 5.45. The van der Waals surface area contributed by atoms with Crippen LogP contribution in [0.4, 0.5) is 0 Å². The van der Waals surface area contributed by atoms with Crippen LogP contribution < -0.4 is 0 Å². The molecule has 0 amide bonds. The van der Waals surface area contributed by atoms with Crippen LogP contribution in [0.25, 0.3) is 0 Å². The van der Waals surface area contributed by atoms with E-state index >= 15 is 0 Å². The second-order valence-corrected chi connectivity index (χ2v) is 5.04. The summed E-state index contributed by atoms with van der Waals surface area (Å²) in [6.45, 7) is 8.00. The van der Waals surface area contributed by atoms with Crippen LogP contribution in [-0.2, 0) is 4.79 Å². The number of nitrogens with zero attached hydrogens (tertiary/aromatic N) is 1. The van der Waals surface area contributed by atoms with Crippen molar-refractivity contribution < 1.29 is 4.79 Å². The number of ketones is 1. The topological polar surface area (TPSA) is 20.3 Å². The van der Waals surface area contributed by atoms with Crippen LogP contribution in [0.15, 0.2) is 0 Å². The summed E-state index contributed by atoms with van der Waals surface area (Å²) in [7, 11) is 0. The summed E-state index contributed by atoms with van der Waals surface area (Å²) < 4.78 is 2.27. The van der Waals surface area contributed by atoms with Crippen molar-refractivity contribution in [2.24, 2.45) is 11.3 Å². The Bertz CT molecular complexity index is 191. The van der Waals surface area contributed by atoms with Gasteiger partial charge in [-0.25, -0.2) is 4.31 Å². The SMILES string of the molecule is CSN1CC(C(C)=O)C(C)(C)C1. The van der Waals surface area contributed by atoms with Gasteiger partial charge in [0, 0.05) is 19.0 Å². The average molecular weight is 187 g/mol. The maximum absolute atomic E-state index is 11.3. The first kappa shape index (κ1) is 10.1. The van der Waals surface area contributed by atoms with E-state index < -0.39 is 0 Å². The summed E-state index contributed by atoms with van der Waals surface area (Å²) in [5, 5.41) is 0. The van der Waals surface area contributed by atoms with Crippen molar-refractivity contribution in [3.63, 3.8) is 0 Å². The van der Waals surface area contributed by atoms with E-state index in [1.54, 1.807) is 18.9 Å². The zero-order valence-corrected chi connectivity index (χ0v) is 9.07. The fourth-order valence-corrected chi connectivity index (χ4v) is 2.66. The van der Waals surface area contributed by atoms with Crippen molar-refractivity contribution in [1.82, 2.24) is 4.31 Å². The molecule has 1 fully saturated rings. The molecule has 0 bridgehead atoms. The molecule has 0 aromatic rings. The van der Waals surface area contributed by atoms with E-state index in [1.807, 2.05) is 0 Å². The van der Waals surface area contributed by atoms with Gasteiger partial charge in [-0.05, 0) is 18.6 Å². The van der Waals surface area contributed by atoms with Crippen molar-refractivity contribution in [2.45, 2.75) is 20.8 Å². The van der Waals surface area contributed by atoms with Gasteiger partial charge in [0.1, 0.15) is 5.78 Å². The standard InChI is InChI=1S/C9H17NOS/c1-7(11)8-5-10(12-4)6-9(8,2)3/h8H,5-6H2,1-4H3. The monoisotopic (exact) mass is 187 g/mol. The molecular formula is C9H17NOS. The summed E-state index contributed by atoms with van der Waals surface area (Å²) in [6, 6.07) is 0. The highest BCUT2D eigenvalue weighted by Crippen LogP contribution is 2.37. The lowest BCUT2D eigenvalue weighted by Crippen LogP contribution is -2.27. The van der Waals surface area contributed by atoms with Gasteiger partial charge in [-0.3, -0.25) is 4.79 Å². The smallest absolute Gasteiger partial charge is 0.134 e. The minimum atomic E-state index is 0.162. The molecule has 70 valence electrons. The summed E-state index contributed by atoms with van der Waals surface area (Å²) in [6.07, 6.45) is 2.07. The molecule has 1 heterocycles. The molecule has 12 heavy (non-hydrogen) atoms. The van der Waals surface area contributed by atoms with Crippen molar-refractivity contribution in [3.05, 3.63) is 0 Å². The zero-order valence-electron chi connectivity index (χ0n) is 8.26. The van der Waals surface area contributed by atoms with Gasteiger partial charge in [0.05, 0.1) is 0 Å². The van der Waals surface area contributed by atoms with Crippen LogP contribution in [-0.4, -0.2) is 29.4 Å². The lowest BCUT2D eigenvalue weighted by Gasteiger charge is -2.22. The Kier molecular flexibility index (Phi) is 2.84. The summed E-state index contributed by atoms with van der Waals surface area (Å²) in [4.78, 5) is 11.3. The number of hydrogen-bond acceptors (Lipinski definition) is 3. The molecule has 2 nitrogen and oxygen atoms in total.